The Balaban J connectivity index is 1.40. The SMILES string of the molecule is Oc1cc(O)c(-c2n[nH]c3c2CN(Cc2cccc(-n4ccnc4)c2)CC3)cc1Cl. The Kier molecular flexibility index (Phi) is 4.69. The second-order valence-corrected chi connectivity index (χ2v) is 7.86. The van der Waals surface area contributed by atoms with Crippen LogP contribution in [0.2, 0.25) is 5.02 Å². The number of phenols is 2. The Labute approximate surface area is 178 Å². The van der Waals surface area contributed by atoms with Crippen LogP contribution in [0.15, 0.2) is 55.1 Å². The highest BCUT2D eigenvalue weighted by molar-refractivity contribution is 6.32. The van der Waals surface area contributed by atoms with E-state index in [0.29, 0.717) is 17.8 Å². The van der Waals surface area contributed by atoms with Crippen molar-refractivity contribution in [3.63, 3.8) is 0 Å². The number of phenolic OH excluding ortho intramolecular Hbond substituents is 2. The molecular formula is C22H20ClN5O2. The zero-order chi connectivity index (χ0) is 20.7. The standard InChI is InChI=1S/C22H20ClN5O2/c23-18-9-16(20(29)10-21(18)30)22-17-12-27(6-4-19(17)25-26-22)11-14-2-1-3-15(8-14)28-7-5-24-13-28/h1-3,5,7-10,13,29-30H,4,6,11-12H2,(H,25,26). The van der Waals surface area contributed by atoms with Gasteiger partial charge < -0.3 is 14.8 Å². The molecule has 7 nitrogen and oxygen atoms in total. The van der Waals surface area contributed by atoms with E-state index in [1.807, 2.05) is 10.8 Å². The lowest BCUT2D eigenvalue weighted by Crippen LogP contribution is -2.30. The Morgan fingerprint density at radius 3 is 2.87 bits per heavy atom. The number of aromatic hydroxyl groups is 2. The van der Waals surface area contributed by atoms with Gasteiger partial charge in [0.05, 0.1) is 11.3 Å². The monoisotopic (exact) mass is 421 g/mol. The molecule has 0 spiro atoms. The Hall–Kier alpha value is -3.29. The van der Waals surface area contributed by atoms with Crippen molar-refractivity contribution >= 4 is 11.6 Å². The van der Waals surface area contributed by atoms with Crippen molar-refractivity contribution in [2.24, 2.45) is 0 Å². The van der Waals surface area contributed by atoms with Gasteiger partial charge in [-0.1, -0.05) is 23.7 Å². The summed E-state index contributed by atoms with van der Waals surface area (Å²) in [5.41, 5.74) is 5.59. The Bertz CT molecular complexity index is 1200. The summed E-state index contributed by atoms with van der Waals surface area (Å²) in [5.74, 6) is -0.196. The molecule has 4 aromatic rings. The highest BCUT2D eigenvalue weighted by atomic mass is 35.5. The summed E-state index contributed by atoms with van der Waals surface area (Å²) in [4.78, 5) is 6.47. The quantitative estimate of drug-likeness (QED) is 0.465. The number of imidazole rings is 1. The summed E-state index contributed by atoms with van der Waals surface area (Å²) in [5, 5.41) is 27.7. The summed E-state index contributed by atoms with van der Waals surface area (Å²) in [6, 6.07) is 11.2. The molecule has 0 fully saturated rings. The van der Waals surface area contributed by atoms with E-state index in [-0.39, 0.29) is 16.5 Å². The zero-order valence-electron chi connectivity index (χ0n) is 16.1. The first-order valence-electron chi connectivity index (χ1n) is 9.66. The molecule has 152 valence electrons. The van der Waals surface area contributed by atoms with Crippen molar-refractivity contribution in [3.8, 4) is 28.4 Å². The molecule has 8 heteroatoms. The maximum atomic E-state index is 10.3. The van der Waals surface area contributed by atoms with Gasteiger partial charge in [-0.25, -0.2) is 4.98 Å². The first kappa shape index (κ1) is 18.7. The Morgan fingerprint density at radius 2 is 2.03 bits per heavy atom. The molecule has 2 aromatic heterocycles. The average molecular weight is 422 g/mol. The van der Waals surface area contributed by atoms with Crippen molar-refractivity contribution in [1.82, 2.24) is 24.6 Å². The van der Waals surface area contributed by atoms with Crippen LogP contribution < -0.4 is 0 Å². The summed E-state index contributed by atoms with van der Waals surface area (Å²) >= 11 is 6.06. The number of hydrogen-bond acceptors (Lipinski definition) is 5. The van der Waals surface area contributed by atoms with Crippen molar-refractivity contribution in [1.29, 1.82) is 0 Å². The fourth-order valence-corrected chi connectivity index (χ4v) is 4.10. The van der Waals surface area contributed by atoms with E-state index in [0.717, 1.165) is 36.5 Å². The molecular weight excluding hydrogens is 402 g/mol. The van der Waals surface area contributed by atoms with Crippen LogP contribution in [0, 0.1) is 0 Å². The molecule has 30 heavy (non-hydrogen) atoms. The molecule has 0 saturated carbocycles. The van der Waals surface area contributed by atoms with Gasteiger partial charge in [-0.2, -0.15) is 5.10 Å². The van der Waals surface area contributed by atoms with Gasteiger partial charge in [-0.15, -0.1) is 0 Å². The largest absolute Gasteiger partial charge is 0.507 e. The van der Waals surface area contributed by atoms with E-state index in [1.54, 1.807) is 18.6 Å². The smallest absolute Gasteiger partial charge is 0.137 e. The van der Waals surface area contributed by atoms with Crippen molar-refractivity contribution in [2.45, 2.75) is 19.5 Å². The van der Waals surface area contributed by atoms with Crippen LogP contribution >= 0.6 is 11.6 Å². The molecule has 0 atom stereocenters. The predicted octanol–water partition coefficient (Wildman–Crippen LogP) is 3.89. The van der Waals surface area contributed by atoms with Crippen LogP contribution in [-0.2, 0) is 19.5 Å². The summed E-state index contributed by atoms with van der Waals surface area (Å²) in [6.07, 6.45) is 6.33. The molecule has 3 N–H and O–H groups in total. The van der Waals surface area contributed by atoms with Crippen molar-refractivity contribution in [3.05, 3.63) is 77.0 Å². The van der Waals surface area contributed by atoms with E-state index in [2.05, 4.69) is 44.3 Å². The summed E-state index contributed by atoms with van der Waals surface area (Å²) in [6.45, 7) is 2.41. The second kappa shape index (κ2) is 7.51. The number of hydrogen-bond donors (Lipinski definition) is 3. The van der Waals surface area contributed by atoms with E-state index in [9.17, 15) is 10.2 Å². The number of fused-ring (bicyclic) bond motifs is 1. The lowest BCUT2D eigenvalue weighted by atomic mass is 9.99. The molecule has 0 amide bonds. The topological polar surface area (TPSA) is 90.2 Å². The van der Waals surface area contributed by atoms with Gasteiger partial charge >= 0.3 is 0 Å². The van der Waals surface area contributed by atoms with Crippen LogP contribution in [0.5, 0.6) is 11.5 Å². The van der Waals surface area contributed by atoms with Gasteiger partial charge in [0.2, 0.25) is 0 Å². The highest BCUT2D eigenvalue weighted by Gasteiger charge is 2.25. The zero-order valence-corrected chi connectivity index (χ0v) is 16.8. The molecule has 0 radical (unpaired) electrons. The first-order valence-corrected chi connectivity index (χ1v) is 10.0. The molecule has 0 bridgehead atoms. The van der Waals surface area contributed by atoms with Crippen molar-refractivity contribution in [2.75, 3.05) is 6.54 Å². The molecule has 3 heterocycles. The van der Waals surface area contributed by atoms with E-state index in [4.69, 9.17) is 11.6 Å². The normalized spacial score (nSPS) is 14.0. The number of rotatable bonds is 4. The summed E-state index contributed by atoms with van der Waals surface area (Å²) < 4.78 is 1.99. The minimum atomic E-state index is -0.151. The fraction of sp³-hybridized carbons (Fsp3) is 0.182. The van der Waals surface area contributed by atoms with Crippen LogP contribution in [0.4, 0.5) is 0 Å². The molecule has 2 aromatic carbocycles. The summed E-state index contributed by atoms with van der Waals surface area (Å²) in [7, 11) is 0. The van der Waals surface area contributed by atoms with Gasteiger partial charge in [0, 0.05) is 67.0 Å². The fourth-order valence-electron chi connectivity index (χ4n) is 3.93. The van der Waals surface area contributed by atoms with Crippen molar-refractivity contribution < 1.29 is 10.2 Å². The van der Waals surface area contributed by atoms with E-state index in [1.165, 1.54) is 11.6 Å². The van der Waals surface area contributed by atoms with Gasteiger partial charge in [-0.3, -0.25) is 10.00 Å². The molecule has 1 aliphatic heterocycles. The number of aromatic nitrogens is 4. The number of halogens is 1. The second-order valence-electron chi connectivity index (χ2n) is 7.45. The lowest BCUT2D eigenvalue weighted by molar-refractivity contribution is 0.245. The Morgan fingerprint density at radius 1 is 1.13 bits per heavy atom. The minimum absolute atomic E-state index is 0.0450. The number of aromatic amines is 1. The number of H-pyrrole nitrogens is 1. The first-order chi connectivity index (χ1) is 14.6. The number of nitrogens with zero attached hydrogens (tertiary/aromatic N) is 4. The molecule has 0 aliphatic carbocycles. The molecule has 0 saturated heterocycles. The highest BCUT2D eigenvalue weighted by Crippen LogP contribution is 2.39. The third-order valence-electron chi connectivity index (χ3n) is 5.45. The third-order valence-corrected chi connectivity index (χ3v) is 5.75. The molecule has 1 aliphatic rings. The van der Waals surface area contributed by atoms with Crippen LogP contribution in [-0.4, -0.2) is 41.4 Å². The van der Waals surface area contributed by atoms with Gasteiger partial charge in [0.15, 0.2) is 0 Å². The van der Waals surface area contributed by atoms with E-state index >= 15 is 0 Å². The minimum Gasteiger partial charge on any atom is -0.507 e. The van der Waals surface area contributed by atoms with E-state index < -0.39 is 0 Å². The van der Waals surface area contributed by atoms with Crippen LogP contribution in [0.3, 0.4) is 0 Å². The lowest BCUT2D eigenvalue weighted by Gasteiger charge is -2.27. The van der Waals surface area contributed by atoms with Gasteiger partial charge in [0.1, 0.15) is 17.2 Å². The number of benzene rings is 2. The van der Waals surface area contributed by atoms with Crippen LogP contribution in [0.25, 0.3) is 16.9 Å². The third kappa shape index (κ3) is 3.42. The average Bonchev–Trinajstić information content (AvgIpc) is 3.41. The molecule has 0 unspecified atom stereocenters. The molecule has 5 rings (SSSR count). The maximum absolute atomic E-state index is 10.3. The maximum Gasteiger partial charge on any atom is 0.137 e. The predicted molar refractivity (Wildman–Crippen MR) is 114 cm³/mol. The number of nitrogens with one attached hydrogen (secondary N) is 1. The van der Waals surface area contributed by atoms with Gasteiger partial charge in [0.25, 0.3) is 0 Å². The van der Waals surface area contributed by atoms with Crippen LogP contribution in [0.1, 0.15) is 16.8 Å². The van der Waals surface area contributed by atoms with Gasteiger partial charge in [-0.05, 0) is 23.8 Å².